The van der Waals surface area contributed by atoms with E-state index in [0.717, 1.165) is 17.9 Å². The number of para-hydroxylation sites is 1. The largest absolute Gasteiger partial charge is 0.378 e. The molecule has 1 nitrogen and oxygen atoms in total. The molecule has 0 amide bonds. The number of hydrogen-bond acceptors (Lipinski definition) is 1. The van der Waals surface area contributed by atoms with E-state index in [1.54, 1.807) is 0 Å². The fourth-order valence-corrected chi connectivity index (χ4v) is 2.71. The van der Waals surface area contributed by atoms with Crippen LogP contribution in [0.3, 0.4) is 0 Å². The maximum absolute atomic E-state index is 13.5. The molecule has 2 aromatic rings. The summed E-state index contributed by atoms with van der Waals surface area (Å²) in [6.07, 6.45) is 1.74. The van der Waals surface area contributed by atoms with Crippen molar-refractivity contribution in [1.82, 2.24) is 0 Å². The van der Waals surface area contributed by atoms with E-state index in [1.807, 2.05) is 24.3 Å². The summed E-state index contributed by atoms with van der Waals surface area (Å²) in [6, 6.07) is 11.8. The van der Waals surface area contributed by atoms with E-state index in [4.69, 9.17) is 11.6 Å². The number of halogens is 3. The molecule has 1 N–H and O–H groups in total. The van der Waals surface area contributed by atoms with E-state index in [1.165, 1.54) is 23.8 Å². The Balaban J connectivity index is 1.62. The average molecular weight is 294 g/mol. The highest BCUT2D eigenvalue weighted by molar-refractivity contribution is 6.30. The minimum atomic E-state index is -0.542. The lowest BCUT2D eigenvalue weighted by molar-refractivity contribution is 0.371. The fraction of sp³-hybridized carbons (Fsp3) is 0.250. The van der Waals surface area contributed by atoms with Gasteiger partial charge in [-0.05, 0) is 48.6 Å². The molecule has 1 fully saturated rings. The summed E-state index contributed by atoms with van der Waals surface area (Å²) in [7, 11) is 0. The summed E-state index contributed by atoms with van der Waals surface area (Å²) < 4.78 is 27.0. The quantitative estimate of drug-likeness (QED) is 0.842. The van der Waals surface area contributed by atoms with Gasteiger partial charge in [0.25, 0.3) is 0 Å². The smallest absolute Gasteiger partial charge is 0.149 e. The second-order valence-corrected chi connectivity index (χ2v) is 5.59. The van der Waals surface area contributed by atoms with Gasteiger partial charge in [-0.1, -0.05) is 29.8 Å². The Morgan fingerprint density at radius 1 is 0.950 bits per heavy atom. The zero-order valence-electron chi connectivity index (χ0n) is 10.7. The van der Waals surface area contributed by atoms with Crippen LogP contribution in [-0.4, -0.2) is 6.04 Å². The van der Waals surface area contributed by atoms with Gasteiger partial charge in [0.2, 0.25) is 0 Å². The van der Waals surface area contributed by atoms with Crippen LogP contribution < -0.4 is 5.32 Å². The first-order chi connectivity index (χ1) is 9.63. The van der Waals surface area contributed by atoms with Crippen molar-refractivity contribution in [3.8, 4) is 0 Å². The van der Waals surface area contributed by atoms with Crippen molar-refractivity contribution in [2.75, 3.05) is 5.32 Å². The minimum Gasteiger partial charge on any atom is -0.378 e. The molecule has 3 rings (SSSR count). The van der Waals surface area contributed by atoms with Crippen LogP contribution >= 0.6 is 11.6 Å². The van der Waals surface area contributed by atoms with Gasteiger partial charge in [-0.3, -0.25) is 0 Å². The molecule has 1 aliphatic rings. The molecule has 0 heterocycles. The first-order valence-electron chi connectivity index (χ1n) is 6.59. The van der Waals surface area contributed by atoms with E-state index < -0.39 is 11.6 Å². The van der Waals surface area contributed by atoms with Crippen LogP contribution in [0.4, 0.5) is 14.5 Å². The summed E-state index contributed by atoms with van der Waals surface area (Å²) in [6.45, 7) is 0. The van der Waals surface area contributed by atoms with Crippen molar-refractivity contribution in [3.63, 3.8) is 0 Å². The van der Waals surface area contributed by atoms with Crippen LogP contribution in [0.2, 0.25) is 5.02 Å². The fourth-order valence-electron chi connectivity index (χ4n) is 2.58. The van der Waals surface area contributed by atoms with Crippen molar-refractivity contribution in [2.24, 2.45) is 0 Å². The second kappa shape index (κ2) is 5.41. The molecule has 0 saturated heterocycles. The van der Waals surface area contributed by atoms with Crippen molar-refractivity contribution in [1.29, 1.82) is 0 Å². The molecule has 2 aromatic carbocycles. The molecule has 0 spiro atoms. The third-order valence-electron chi connectivity index (χ3n) is 3.79. The standard InChI is InChI=1S/C16H14ClF2N/c17-12-6-4-10(5-7-12)11-8-13(9-11)20-16-14(18)2-1-3-15(16)19/h1-7,11,13,20H,8-9H2. The second-order valence-electron chi connectivity index (χ2n) is 5.16. The lowest BCUT2D eigenvalue weighted by Crippen LogP contribution is -2.34. The monoisotopic (exact) mass is 293 g/mol. The molecule has 0 radical (unpaired) electrons. The summed E-state index contributed by atoms with van der Waals surface area (Å²) in [5, 5.41) is 3.67. The van der Waals surface area contributed by atoms with Crippen LogP contribution in [-0.2, 0) is 0 Å². The number of hydrogen-bond donors (Lipinski definition) is 1. The third kappa shape index (κ3) is 2.63. The number of rotatable bonds is 3. The third-order valence-corrected chi connectivity index (χ3v) is 4.04. The molecule has 1 aliphatic carbocycles. The highest BCUT2D eigenvalue weighted by Crippen LogP contribution is 2.39. The SMILES string of the molecule is Fc1cccc(F)c1NC1CC(c2ccc(Cl)cc2)C1. The molecular weight excluding hydrogens is 280 g/mol. The predicted molar refractivity (Wildman–Crippen MR) is 77.2 cm³/mol. The van der Waals surface area contributed by atoms with E-state index in [2.05, 4.69) is 5.32 Å². The molecule has 0 aliphatic heterocycles. The molecular formula is C16H14ClF2N. The summed E-state index contributed by atoms with van der Waals surface area (Å²) in [5.74, 6) is -0.653. The summed E-state index contributed by atoms with van der Waals surface area (Å²) in [5.41, 5.74) is 1.20. The van der Waals surface area contributed by atoms with Gasteiger partial charge in [-0.25, -0.2) is 8.78 Å². The van der Waals surface area contributed by atoms with Crippen LogP contribution in [0, 0.1) is 11.6 Å². The zero-order valence-corrected chi connectivity index (χ0v) is 11.5. The molecule has 0 unspecified atom stereocenters. The molecule has 20 heavy (non-hydrogen) atoms. The van der Waals surface area contributed by atoms with Crippen LogP contribution in [0.5, 0.6) is 0 Å². The first kappa shape index (κ1) is 13.4. The number of benzene rings is 2. The molecule has 0 aromatic heterocycles. The van der Waals surface area contributed by atoms with Gasteiger partial charge in [0, 0.05) is 11.1 Å². The predicted octanol–water partition coefficient (Wildman–Crippen LogP) is 4.98. The Labute approximate surface area is 121 Å². The van der Waals surface area contributed by atoms with Crippen LogP contribution in [0.1, 0.15) is 24.3 Å². The molecule has 104 valence electrons. The Kier molecular flexibility index (Phi) is 3.62. The van der Waals surface area contributed by atoms with Gasteiger partial charge < -0.3 is 5.32 Å². The van der Waals surface area contributed by atoms with E-state index in [9.17, 15) is 8.78 Å². The van der Waals surface area contributed by atoms with Gasteiger partial charge in [-0.15, -0.1) is 0 Å². The van der Waals surface area contributed by atoms with Gasteiger partial charge in [0.05, 0.1) is 0 Å². The average Bonchev–Trinajstić information content (AvgIpc) is 2.38. The zero-order chi connectivity index (χ0) is 14.1. The Morgan fingerprint density at radius 3 is 2.15 bits per heavy atom. The highest BCUT2D eigenvalue weighted by atomic mass is 35.5. The van der Waals surface area contributed by atoms with Crippen molar-refractivity contribution < 1.29 is 8.78 Å². The summed E-state index contributed by atoms with van der Waals surface area (Å²) >= 11 is 5.85. The number of nitrogens with one attached hydrogen (secondary N) is 1. The van der Waals surface area contributed by atoms with E-state index in [-0.39, 0.29) is 11.7 Å². The lowest BCUT2D eigenvalue weighted by atomic mass is 9.76. The Hall–Kier alpha value is -1.61. The van der Waals surface area contributed by atoms with Crippen LogP contribution in [0.25, 0.3) is 0 Å². The Morgan fingerprint density at radius 2 is 1.55 bits per heavy atom. The van der Waals surface area contributed by atoms with Gasteiger partial charge >= 0.3 is 0 Å². The molecule has 0 atom stereocenters. The topological polar surface area (TPSA) is 12.0 Å². The van der Waals surface area contributed by atoms with E-state index >= 15 is 0 Å². The van der Waals surface area contributed by atoms with Crippen LogP contribution in [0.15, 0.2) is 42.5 Å². The first-order valence-corrected chi connectivity index (χ1v) is 6.97. The van der Waals surface area contributed by atoms with Gasteiger partial charge in [0.15, 0.2) is 0 Å². The molecule has 1 saturated carbocycles. The summed E-state index contributed by atoms with van der Waals surface area (Å²) in [4.78, 5) is 0. The normalized spacial score (nSPS) is 21.4. The van der Waals surface area contributed by atoms with Gasteiger partial charge in [0.1, 0.15) is 17.3 Å². The Bertz CT molecular complexity index is 586. The lowest BCUT2D eigenvalue weighted by Gasteiger charge is -2.37. The van der Waals surface area contributed by atoms with Crippen molar-refractivity contribution >= 4 is 17.3 Å². The maximum atomic E-state index is 13.5. The molecule has 4 heteroatoms. The van der Waals surface area contributed by atoms with Gasteiger partial charge in [-0.2, -0.15) is 0 Å². The van der Waals surface area contributed by atoms with Crippen molar-refractivity contribution in [2.45, 2.75) is 24.8 Å². The number of anilines is 1. The maximum Gasteiger partial charge on any atom is 0.149 e. The highest BCUT2D eigenvalue weighted by Gasteiger charge is 2.31. The van der Waals surface area contributed by atoms with E-state index in [0.29, 0.717) is 5.92 Å². The molecule has 0 bridgehead atoms. The minimum absolute atomic E-state index is 0.0212. The van der Waals surface area contributed by atoms with Crippen molar-refractivity contribution in [3.05, 3.63) is 64.7 Å².